The molecular weight excluding hydrogens is 505 g/mol. The minimum atomic E-state index is -0.404. The molecule has 0 unspecified atom stereocenters. The van der Waals surface area contributed by atoms with Gasteiger partial charge >= 0.3 is 13.2 Å². The van der Waals surface area contributed by atoms with Crippen molar-refractivity contribution < 1.29 is 23.6 Å². The monoisotopic (exact) mass is 549 g/mol. The van der Waals surface area contributed by atoms with Gasteiger partial charge in [-0.2, -0.15) is 0 Å². The lowest BCUT2D eigenvalue weighted by molar-refractivity contribution is -0.129. The number of carbonyl (C=O) groups excluding carboxylic acids is 2. The predicted molar refractivity (Wildman–Crippen MR) is 152 cm³/mol. The molecule has 6 fully saturated rings. The maximum atomic E-state index is 12.8. The molecule has 2 bridgehead atoms. The van der Waals surface area contributed by atoms with Crippen LogP contribution >= 0.6 is 0 Å². The van der Waals surface area contributed by atoms with Crippen molar-refractivity contribution in [3.05, 3.63) is 29.8 Å². The van der Waals surface area contributed by atoms with E-state index in [0.29, 0.717) is 37.3 Å². The van der Waals surface area contributed by atoms with Crippen LogP contribution in [0.15, 0.2) is 24.3 Å². The molecule has 2 aliphatic carbocycles. The van der Waals surface area contributed by atoms with Gasteiger partial charge in [-0.3, -0.25) is 4.79 Å². The number of benzene rings is 1. The summed E-state index contributed by atoms with van der Waals surface area (Å²) in [4.78, 5) is 29.3. The van der Waals surface area contributed by atoms with Crippen LogP contribution in [0, 0.1) is 11.3 Å². The molecule has 1 aromatic carbocycles. The fourth-order valence-corrected chi connectivity index (χ4v) is 8.41. The number of rotatable bonds is 6. The van der Waals surface area contributed by atoms with Gasteiger partial charge in [0.05, 0.1) is 18.8 Å². The van der Waals surface area contributed by atoms with Gasteiger partial charge in [-0.1, -0.05) is 24.3 Å². The largest absolute Gasteiger partial charge is 0.494 e. The summed E-state index contributed by atoms with van der Waals surface area (Å²) in [5, 5.41) is 3.71. The summed E-state index contributed by atoms with van der Waals surface area (Å²) in [6.07, 6.45) is 11.2. The van der Waals surface area contributed by atoms with Crippen LogP contribution in [0.1, 0.15) is 69.8 Å². The van der Waals surface area contributed by atoms with Crippen LogP contribution < -0.4 is 10.8 Å². The number of fused-ring (bicyclic) bond motifs is 2. The molecule has 4 aliphatic heterocycles. The van der Waals surface area contributed by atoms with Crippen LogP contribution in [0.3, 0.4) is 0 Å². The van der Waals surface area contributed by atoms with Crippen LogP contribution in [0.5, 0.6) is 0 Å². The Morgan fingerprint density at radius 3 is 2.50 bits per heavy atom. The molecule has 1 aromatic rings. The van der Waals surface area contributed by atoms with Crippen molar-refractivity contribution in [3.63, 3.8) is 0 Å². The van der Waals surface area contributed by atoms with Gasteiger partial charge in [0.2, 0.25) is 0 Å². The molecule has 9 heteroatoms. The highest BCUT2D eigenvalue weighted by Crippen LogP contribution is 2.50. The van der Waals surface area contributed by atoms with Crippen LogP contribution in [-0.2, 0) is 25.3 Å². The van der Waals surface area contributed by atoms with E-state index in [1.54, 1.807) is 0 Å². The van der Waals surface area contributed by atoms with E-state index in [1.165, 1.54) is 58.2 Å². The van der Waals surface area contributed by atoms with E-state index in [9.17, 15) is 9.59 Å². The lowest BCUT2D eigenvalue weighted by Gasteiger charge is -2.52. The van der Waals surface area contributed by atoms with Crippen molar-refractivity contribution in [2.45, 2.75) is 94.9 Å². The second kappa shape index (κ2) is 11.4. The number of ether oxygens (including phenoxy) is 1. The molecule has 0 aromatic heterocycles. The first-order valence-corrected chi connectivity index (χ1v) is 15.8. The highest BCUT2D eigenvalue weighted by Gasteiger charge is 2.51. The number of nitrogens with one attached hydrogen (secondary N) is 1. The van der Waals surface area contributed by atoms with Crippen LogP contribution in [0.2, 0.25) is 0 Å². The number of Topliss-reactive ketones (excluding diaryl/α,β-unsaturated/α-hetero) is 1. The molecule has 1 spiro atoms. The Morgan fingerprint density at radius 1 is 1.05 bits per heavy atom. The first-order valence-electron chi connectivity index (χ1n) is 15.8. The van der Waals surface area contributed by atoms with E-state index < -0.39 is 7.12 Å². The highest BCUT2D eigenvalue weighted by molar-refractivity contribution is 6.61. The molecule has 4 saturated heterocycles. The third-order valence-electron chi connectivity index (χ3n) is 10.7. The minimum absolute atomic E-state index is 0.0313. The van der Waals surface area contributed by atoms with Gasteiger partial charge in [-0.15, -0.1) is 0 Å². The number of hydrogen-bond acceptors (Lipinski definition) is 7. The van der Waals surface area contributed by atoms with Gasteiger partial charge in [0.25, 0.3) is 0 Å². The minimum Gasteiger partial charge on any atom is -0.449 e. The summed E-state index contributed by atoms with van der Waals surface area (Å²) in [5.41, 5.74) is 2.41. The third-order valence-corrected chi connectivity index (χ3v) is 10.7. The Morgan fingerprint density at radius 2 is 1.80 bits per heavy atom. The van der Waals surface area contributed by atoms with Crippen molar-refractivity contribution in [1.82, 2.24) is 15.1 Å². The van der Waals surface area contributed by atoms with E-state index in [-0.39, 0.29) is 24.1 Å². The number of carbonyl (C=O) groups is 2. The Labute approximate surface area is 238 Å². The van der Waals surface area contributed by atoms with Crippen LogP contribution in [0.25, 0.3) is 0 Å². The predicted octanol–water partition coefficient (Wildman–Crippen LogP) is 2.92. The van der Waals surface area contributed by atoms with E-state index in [1.807, 2.05) is 17.0 Å². The molecule has 2 saturated carbocycles. The summed E-state index contributed by atoms with van der Waals surface area (Å²) < 4.78 is 17.7. The second-order valence-corrected chi connectivity index (χ2v) is 13.4. The summed E-state index contributed by atoms with van der Waals surface area (Å²) in [6, 6.07) is 9.63. The number of ketones is 1. The second-order valence-electron chi connectivity index (χ2n) is 13.4. The van der Waals surface area contributed by atoms with Gasteiger partial charge in [-0.05, 0) is 93.4 Å². The van der Waals surface area contributed by atoms with Crippen molar-refractivity contribution in [1.29, 1.82) is 0 Å². The van der Waals surface area contributed by atoms with Crippen molar-refractivity contribution in [2.24, 2.45) is 11.3 Å². The van der Waals surface area contributed by atoms with Crippen molar-refractivity contribution in [2.75, 3.05) is 39.3 Å². The fourth-order valence-electron chi connectivity index (χ4n) is 8.41. The van der Waals surface area contributed by atoms with Crippen LogP contribution in [0.4, 0.5) is 4.79 Å². The quantitative estimate of drug-likeness (QED) is 0.547. The van der Waals surface area contributed by atoms with Crippen molar-refractivity contribution in [3.8, 4) is 0 Å². The van der Waals surface area contributed by atoms with E-state index in [4.69, 9.17) is 14.0 Å². The average molecular weight is 550 g/mol. The molecule has 1 N–H and O–H groups in total. The van der Waals surface area contributed by atoms with E-state index in [2.05, 4.69) is 22.3 Å². The van der Waals surface area contributed by atoms with Gasteiger partial charge in [0.15, 0.2) is 0 Å². The lowest BCUT2D eigenvalue weighted by Crippen LogP contribution is -2.55. The smallest absolute Gasteiger partial charge is 0.449 e. The van der Waals surface area contributed by atoms with Crippen LogP contribution in [-0.4, -0.2) is 92.4 Å². The molecule has 8 nitrogen and oxygen atoms in total. The van der Waals surface area contributed by atoms with Crippen molar-refractivity contribution >= 4 is 24.5 Å². The molecule has 40 heavy (non-hydrogen) atoms. The number of hydrogen-bond donors (Lipinski definition) is 1. The molecule has 1 amide bonds. The highest BCUT2D eigenvalue weighted by atomic mass is 16.6. The molecule has 216 valence electrons. The molecular formula is C31H44BN3O5. The van der Waals surface area contributed by atoms with Gasteiger partial charge < -0.3 is 29.2 Å². The maximum absolute atomic E-state index is 12.8. The Kier molecular flexibility index (Phi) is 7.67. The maximum Gasteiger partial charge on any atom is 0.494 e. The lowest BCUT2D eigenvalue weighted by atomic mass is 9.64. The summed E-state index contributed by atoms with van der Waals surface area (Å²) in [7, 11) is -0.404. The number of piperidine rings is 1. The number of amides is 1. The van der Waals surface area contributed by atoms with Gasteiger partial charge in [0.1, 0.15) is 5.78 Å². The zero-order chi connectivity index (χ0) is 27.1. The summed E-state index contributed by atoms with van der Waals surface area (Å²) in [6.45, 7) is 5.77. The third kappa shape index (κ3) is 5.72. The molecule has 7 rings (SSSR count). The zero-order valence-electron chi connectivity index (χ0n) is 23.7. The molecule has 0 radical (unpaired) electrons. The first kappa shape index (κ1) is 26.9. The number of nitrogens with zero attached hydrogens (tertiary/aromatic N) is 2. The molecule has 3 atom stereocenters. The van der Waals surface area contributed by atoms with E-state index in [0.717, 1.165) is 48.9 Å². The normalized spacial score (nSPS) is 34.9. The Hall–Kier alpha value is -1.94. The summed E-state index contributed by atoms with van der Waals surface area (Å²) in [5.74, 6) is 1.10. The average Bonchev–Trinajstić information content (AvgIpc) is 3.63. The van der Waals surface area contributed by atoms with Gasteiger partial charge in [0, 0.05) is 44.4 Å². The van der Waals surface area contributed by atoms with E-state index >= 15 is 0 Å². The summed E-state index contributed by atoms with van der Waals surface area (Å²) >= 11 is 0. The number of likely N-dealkylation sites (tertiary alicyclic amines) is 2. The molecule has 6 aliphatic rings. The standard InChI is InChI=1S/C31H44BN3O5/c36-26-16-27-18-28(17-26)40-32(39-27)24-5-3-22(4-6-24)9-15-38-30(37)35-14-10-31(21-35)19-25(20-31)34-12-7-23(8-13-34)29-2-1-11-33-29/h3-6,23,25,27-29,33H,1-2,7-21H2/t25?,27-,28+,29-,31?/m0/s1. The fraction of sp³-hybridized carbons (Fsp3) is 0.742. The molecule has 4 heterocycles. The SMILES string of the molecule is O=C1C[C@@H]2C[C@H](C1)OB(c1ccc(CCOC(=O)N3CCC4(CC(N5CCC([C@@H]6CCCN6)CC5)C4)C3)cc1)O2. The topological polar surface area (TPSA) is 80.3 Å². The Balaban J connectivity index is 0.815. The zero-order valence-corrected chi connectivity index (χ0v) is 23.7. The van der Waals surface area contributed by atoms with Gasteiger partial charge in [-0.25, -0.2) is 4.79 Å². The first-order chi connectivity index (χ1) is 19.5. The Bertz CT molecular complexity index is 1050.